The Labute approximate surface area is 84.9 Å². The zero-order valence-corrected chi connectivity index (χ0v) is 9.05. The van der Waals surface area contributed by atoms with Crippen LogP contribution in [0.2, 0.25) is 0 Å². The molecule has 0 bridgehead atoms. The van der Waals surface area contributed by atoms with Gasteiger partial charge in [-0.15, -0.1) is 0 Å². The fraction of sp³-hybridized carbons (Fsp3) is 0.400. The Kier molecular flexibility index (Phi) is 3.66. The van der Waals surface area contributed by atoms with Crippen LogP contribution in [0, 0.1) is 0 Å². The molecule has 1 aromatic carbocycles. The number of hydrogen-bond acceptors (Lipinski definition) is 3. The van der Waals surface area contributed by atoms with Crippen LogP contribution in [0.5, 0.6) is 0 Å². The normalized spacial score (nSPS) is 11.6. The molecule has 0 aliphatic heterocycles. The highest BCUT2D eigenvalue weighted by Crippen LogP contribution is 2.16. The number of rotatable bonds is 4. The topological polar surface area (TPSA) is 60.2 Å². The van der Waals surface area contributed by atoms with Crippen molar-refractivity contribution in [3.05, 3.63) is 29.8 Å². The zero-order valence-electron chi connectivity index (χ0n) is 8.23. The third kappa shape index (κ3) is 2.82. The third-order valence-electron chi connectivity index (χ3n) is 2.02. The van der Waals surface area contributed by atoms with Gasteiger partial charge in [-0.3, -0.25) is 0 Å². The molecule has 0 unspecified atom stereocenters. The number of sulfone groups is 1. The van der Waals surface area contributed by atoms with Gasteiger partial charge in [0, 0.05) is 6.26 Å². The van der Waals surface area contributed by atoms with Crippen LogP contribution in [-0.2, 0) is 16.3 Å². The summed E-state index contributed by atoms with van der Waals surface area (Å²) in [4.78, 5) is 0.424. The Hall–Kier alpha value is -0.870. The molecule has 0 saturated carbocycles. The first kappa shape index (κ1) is 11.2. The van der Waals surface area contributed by atoms with Gasteiger partial charge in [-0.1, -0.05) is 18.2 Å². The standard InChI is InChI=1S/C10H15NO2S/c1-14(12,13)10-7-3-2-5-9(10)6-4-8-11/h2-3,5,7H,4,6,8,11H2,1H3. The van der Waals surface area contributed by atoms with E-state index in [9.17, 15) is 8.42 Å². The summed E-state index contributed by atoms with van der Waals surface area (Å²) in [5.74, 6) is 0. The summed E-state index contributed by atoms with van der Waals surface area (Å²) < 4.78 is 22.8. The number of hydrogen-bond donors (Lipinski definition) is 1. The van der Waals surface area contributed by atoms with E-state index in [2.05, 4.69) is 0 Å². The van der Waals surface area contributed by atoms with Crippen molar-refractivity contribution in [3.63, 3.8) is 0 Å². The first-order valence-corrected chi connectivity index (χ1v) is 6.43. The number of benzene rings is 1. The third-order valence-corrected chi connectivity index (χ3v) is 3.22. The maximum Gasteiger partial charge on any atom is 0.175 e. The van der Waals surface area contributed by atoms with Crippen LogP contribution >= 0.6 is 0 Å². The molecule has 0 saturated heterocycles. The van der Waals surface area contributed by atoms with Crippen molar-refractivity contribution in [3.8, 4) is 0 Å². The predicted molar refractivity (Wildman–Crippen MR) is 56.9 cm³/mol. The molecular weight excluding hydrogens is 198 g/mol. The lowest BCUT2D eigenvalue weighted by Gasteiger charge is -2.06. The summed E-state index contributed by atoms with van der Waals surface area (Å²) in [5.41, 5.74) is 6.25. The van der Waals surface area contributed by atoms with Crippen LogP contribution in [-0.4, -0.2) is 21.2 Å². The molecule has 0 spiro atoms. The summed E-state index contributed by atoms with van der Waals surface area (Å²) in [5, 5.41) is 0. The van der Waals surface area contributed by atoms with Crippen molar-refractivity contribution in [2.75, 3.05) is 12.8 Å². The van der Waals surface area contributed by atoms with Crippen LogP contribution in [0.15, 0.2) is 29.2 Å². The van der Waals surface area contributed by atoms with Crippen molar-refractivity contribution in [1.29, 1.82) is 0 Å². The highest BCUT2D eigenvalue weighted by molar-refractivity contribution is 7.90. The second kappa shape index (κ2) is 4.57. The van der Waals surface area contributed by atoms with Crippen LogP contribution in [0.3, 0.4) is 0 Å². The smallest absolute Gasteiger partial charge is 0.175 e. The minimum absolute atomic E-state index is 0.424. The summed E-state index contributed by atoms with van der Waals surface area (Å²) >= 11 is 0. The Morgan fingerprint density at radius 2 is 1.93 bits per heavy atom. The maximum atomic E-state index is 11.4. The van der Waals surface area contributed by atoms with Crippen LogP contribution in [0.4, 0.5) is 0 Å². The first-order chi connectivity index (χ1) is 6.55. The van der Waals surface area contributed by atoms with E-state index in [0.29, 0.717) is 11.4 Å². The van der Waals surface area contributed by atoms with Gasteiger partial charge in [0.15, 0.2) is 9.84 Å². The average molecular weight is 213 g/mol. The summed E-state index contributed by atoms with van der Waals surface area (Å²) in [6, 6.07) is 7.07. The molecule has 0 heterocycles. The SMILES string of the molecule is CS(=O)(=O)c1ccccc1CCCN. The Bertz CT molecular complexity index is 398. The van der Waals surface area contributed by atoms with E-state index in [0.717, 1.165) is 18.4 Å². The number of nitrogens with two attached hydrogens (primary N) is 1. The van der Waals surface area contributed by atoms with E-state index in [-0.39, 0.29) is 0 Å². The maximum absolute atomic E-state index is 11.4. The van der Waals surface area contributed by atoms with Crippen molar-refractivity contribution < 1.29 is 8.42 Å². The molecule has 0 aliphatic rings. The van der Waals surface area contributed by atoms with Gasteiger partial charge in [0.05, 0.1) is 4.90 Å². The molecule has 14 heavy (non-hydrogen) atoms. The second-order valence-electron chi connectivity index (χ2n) is 3.27. The molecule has 2 N–H and O–H groups in total. The molecule has 1 rings (SSSR count). The van der Waals surface area contributed by atoms with Crippen LogP contribution in [0.25, 0.3) is 0 Å². The van der Waals surface area contributed by atoms with E-state index in [1.807, 2.05) is 12.1 Å². The highest BCUT2D eigenvalue weighted by atomic mass is 32.2. The van der Waals surface area contributed by atoms with E-state index in [1.54, 1.807) is 12.1 Å². The number of aryl methyl sites for hydroxylation is 1. The Balaban J connectivity index is 3.04. The molecule has 0 radical (unpaired) electrons. The van der Waals surface area contributed by atoms with Gasteiger partial charge >= 0.3 is 0 Å². The van der Waals surface area contributed by atoms with Gasteiger partial charge in [0.1, 0.15) is 0 Å². The molecule has 0 aromatic heterocycles. The monoisotopic (exact) mass is 213 g/mol. The summed E-state index contributed by atoms with van der Waals surface area (Å²) in [6.45, 7) is 0.581. The highest BCUT2D eigenvalue weighted by Gasteiger charge is 2.11. The quantitative estimate of drug-likeness (QED) is 0.811. The van der Waals surface area contributed by atoms with Gasteiger partial charge in [0.25, 0.3) is 0 Å². The molecule has 4 heteroatoms. The minimum atomic E-state index is -3.10. The zero-order chi connectivity index (χ0) is 10.6. The molecule has 78 valence electrons. The Morgan fingerprint density at radius 1 is 1.29 bits per heavy atom. The van der Waals surface area contributed by atoms with Crippen LogP contribution < -0.4 is 5.73 Å². The van der Waals surface area contributed by atoms with Crippen molar-refractivity contribution in [2.45, 2.75) is 17.7 Å². The Morgan fingerprint density at radius 3 is 2.50 bits per heavy atom. The van der Waals surface area contributed by atoms with Crippen LogP contribution in [0.1, 0.15) is 12.0 Å². The molecule has 0 aliphatic carbocycles. The lowest BCUT2D eigenvalue weighted by Crippen LogP contribution is -2.05. The largest absolute Gasteiger partial charge is 0.330 e. The van der Waals surface area contributed by atoms with Gasteiger partial charge < -0.3 is 5.73 Å². The van der Waals surface area contributed by atoms with Crippen molar-refractivity contribution in [2.24, 2.45) is 5.73 Å². The van der Waals surface area contributed by atoms with Gasteiger partial charge in [-0.2, -0.15) is 0 Å². The van der Waals surface area contributed by atoms with Gasteiger partial charge in [0.2, 0.25) is 0 Å². The molecule has 3 nitrogen and oxygen atoms in total. The molecule has 1 aromatic rings. The molecule has 0 fully saturated rings. The van der Waals surface area contributed by atoms with Gasteiger partial charge in [-0.25, -0.2) is 8.42 Å². The molecule has 0 amide bonds. The first-order valence-electron chi connectivity index (χ1n) is 4.53. The molecular formula is C10H15NO2S. The lowest BCUT2D eigenvalue weighted by molar-refractivity contribution is 0.600. The fourth-order valence-corrected chi connectivity index (χ4v) is 2.34. The predicted octanol–water partition coefficient (Wildman–Crippen LogP) is 0.981. The average Bonchev–Trinajstić information content (AvgIpc) is 2.14. The van der Waals surface area contributed by atoms with Crippen molar-refractivity contribution >= 4 is 9.84 Å². The summed E-state index contributed by atoms with van der Waals surface area (Å²) in [7, 11) is -3.10. The summed E-state index contributed by atoms with van der Waals surface area (Å²) in [6.07, 6.45) is 2.76. The second-order valence-corrected chi connectivity index (χ2v) is 5.26. The fourth-order valence-electron chi connectivity index (χ4n) is 1.36. The minimum Gasteiger partial charge on any atom is -0.330 e. The van der Waals surface area contributed by atoms with E-state index >= 15 is 0 Å². The lowest BCUT2D eigenvalue weighted by atomic mass is 10.1. The van der Waals surface area contributed by atoms with E-state index < -0.39 is 9.84 Å². The van der Waals surface area contributed by atoms with Gasteiger partial charge in [-0.05, 0) is 31.0 Å². The molecule has 0 atom stereocenters. The van der Waals surface area contributed by atoms with E-state index in [4.69, 9.17) is 5.73 Å². The van der Waals surface area contributed by atoms with Crippen molar-refractivity contribution in [1.82, 2.24) is 0 Å². The van der Waals surface area contributed by atoms with E-state index in [1.165, 1.54) is 6.26 Å².